The summed E-state index contributed by atoms with van der Waals surface area (Å²) >= 11 is 3.79. The summed E-state index contributed by atoms with van der Waals surface area (Å²) in [7, 11) is 0. The Labute approximate surface area is 334 Å². The number of fused-ring (bicyclic) bond motifs is 1. The molecule has 11 heteroatoms. The molecule has 1 spiro atoms. The molecular weight excluding hydrogens is 762 g/mol. The molecule has 2 aromatic rings. The maximum Gasteiger partial charge on any atom is 0.313 e. The Hall–Kier alpha value is -3.80. The molecule has 3 heterocycles. The van der Waals surface area contributed by atoms with Gasteiger partial charge in [0, 0.05) is 23.3 Å². The molecule has 3 aliphatic rings. The first-order valence-electron chi connectivity index (χ1n) is 19.4. The van der Waals surface area contributed by atoms with Gasteiger partial charge in [-0.1, -0.05) is 110 Å². The van der Waals surface area contributed by atoms with Crippen LogP contribution in [0.3, 0.4) is 0 Å². The largest absolute Gasteiger partial charge is 0.455 e. The molecule has 9 atom stereocenters. The maximum atomic E-state index is 15.4. The topological polar surface area (TPSA) is 125 Å². The van der Waals surface area contributed by atoms with Crippen LogP contribution in [0, 0.1) is 17.3 Å². The zero-order chi connectivity index (χ0) is 40.3. The van der Waals surface area contributed by atoms with Crippen molar-refractivity contribution in [3.05, 3.63) is 97.1 Å². The van der Waals surface area contributed by atoms with Crippen LogP contribution in [0.5, 0.6) is 0 Å². The number of alkyl halides is 1. The molecule has 10 nitrogen and oxygen atoms in total. The first kappa shape index (κ1) is 42.3. The van der Waals surface area contributed by atoms with E-state index in [9.17, 15) is 14.7 Å². The van der Waals surface area contributed by atoms with E-state index in [0.717, 1.165) is 5.56 Å². The van der Waals surface area contributed by atoms with Gasteiger partial charge in [-0.05, 0) is 63.0 Å². The Bertz CT molecular complexity index is 1710. The number of esters is 1. The van der Waals surface area contributed by atoms with E-state index in [0.29, 0.717) is 24.8 Å². The number of carbonyl (C=O) groups is 4. The number of allylic oxidation sites excluding steroid dienone is 1. The lowest BCUT2D eigenvalue weighted by atomic mass is 9.70. The molecule has 2 N–H and O–H groups in total. The van der Waals surface area contributed by atoms with Crippen LogP contribution in [0.1, 0.15) is 84.5 Å². The predicted molar refractivity (Wildman–Crippen MR) is 216 cm³/mol. The minimum absolute atomic E-state index is 0.133. The van der Waals surface area contributed by atoms with Crippen LogP contribution in [-0.4, -0.2) is 91.9 Å². The number of nitrogens with zero attached hydrogens (tertiary/aromatic N) is 2. The first-order chi connectivity index (χ1) is 26.0. The second-order valence-corrected chi connectivity index (χ2v) is 18.4. The molecule has 0 aliphatic carbocycles. The van der Waals surface area contributed by atoms with Gasteiger partial charge < -0.3 is 29.7 Å². The molecule has 55 heavy (non-hydrogen) atoms. The summed E-state index contributed by atoms with van der Waals surface area (Å²) in [4.78, 5) is 61.0. The summed E-state index contributed by atoms with van der Waals surface area (Å²) in [6.07, 6.45) is 3.71. The van der Waals surface area contributed by atoms with Crippen molar-refractivity contribution in [1.29, 1.82) is 0 Å². The molecule has 298 valence electrons. The lowest BCUT2D eigenvalue weighted by Crippen LogP contribution is -2.63. The molecule has 3 amide bonds. The van der Waals surface area contributed by atoms with Crippen LogP contribution in [0.4, 0.5) is 0 Å². The molecule has 5 rings (SSSR count). The summed E-state index contributed by atoms with van der Waals surface area (Å²) in [6, 6.07) is 16.2. The Morgan fingerprint density at radius 1 is 1.07 bits per heavy atom. The minimum atomic E-state index is -1.38. The Morgan fingerprint density at radius 2 is 1.71 bits per heavy atom. The molecule has 2 bridgehead atoms. The molecule has 3 fully saturated rings. The Morgan fingerprint density at radius 3 is 2.29 bits per heavy atom. The van der Waals surface area contributed by atoms with Crippen LogP contribution in [0.2, 0.25) is 0 Å². The van der Waals surface area contributed by atoms with Crippen molar-refractivity contribution < 1.29 is 33.8 Å². The van der Waals surface area contributed by atoms with Crippen molar-refractivity contribution >= 4 is 39.6 Å². The average Bonchev–Trinajstić information content (AvgIpc) is 3.73. The van der Waals surface area contributed by atoms with E-state index in [1.54, 1.807) is 24.0 Å². The van der Waals surface area contributed by atoms with E-state index in [1.807, 2.05) is 74.5 Å². The number of aliphatic hydroxyl groups is 1. The normalized spacial score (nSPS) is 26.1. The van der Waals surface area contributed by atoms with Crippen molar-refractivity contribution in [2.45, 2.75) is 120 Å². The number of nitrogens with one attached hydrogen (secondary N) is 1. The van der Waals surface area contributed by atoms with Crippen LogP contribution in [0.25, 0.3) is 0 Å². The van der Waals surface area contributed by atoms with Gasteiger partial charge in [-0.15, -0.1) is 13.2 Å². The van der Waals surface area contributed by atoms with E-state index >= 15 is 9.59 Å². The zero-order valence-corrected chi connectivity index (χ0v) is 34.7. The molecule has 2 aromatic carbocycles. The standard InChI is InChI=1S/C44H58BrN3O7/c1-9-11-22-33(50)46-28(3)36(30-20-16-13-17-21-30)54-41(53)34-35-39(51)48(31(26-49)24-29-18-14-12-15-19-29)38(44(35)25-32(45)37(34)55-44)40(52)47(23-10-2)43(7,8)27-42(4,5)6/h9-10,12-21,28,31-32,34-38,49H,1-2,11,22-27H2,3-8H3,(H,46,50)/t28-,31+,32?,34-,35+,36-,37-,38-,44+/m0/s1. The summed E-state index contributed by atoms with van der Waals surface area (Å²) in [6.45, 7) is 19.7. The zero-order valence-electron chi connectivity index (χ0n) is 33.1. The predicted octanol–water partition coefficient (Wildman–Crippen LogP) is 6.32. The number of amides is 3. The van der Waals surface area contributed by atoms with Crippen LogP contribution >= 0.6 is 15.9 Å². The third kappa shape index (κ3) is 8.79. The van der Waals surface area contributed by atoms with Gasteiger partial charge >= 0.3 is 5.97 Å². The highest BCUT2D eigenvalue weighted by Gasteiger charge is 2.78. The monoisotopic (exact) mass is 819 g/mol. The van der Waals surface area contributed by atoms with Crippen molar-refractivity contribution in [3.63, 3.8) is 0 Å². The SMILES string of the molecule is C=CCCC(=O)N[C@@H](C)[C@H](OC(=O)[C@@H]1[C@H]2O[C@@]3(CC2Br)[C@H](C(=O)N(CC=C)C(C)(C)CC(C)(C)C)N([C@@H](CO)Cc2ccccc2)C(=O)[C@@H]13)c1ccccc1. The van der Waals surface area contributed by atoms with Gasteiger partial charge in [0.1, 0.15) is 17.7 Å². The van der Waals surface area contributed by atoms with Crippen molar-refractivity contribution in [3.8, 4) is 0 Å². The summed E-state index contributed by atoms with van der Waals surface area (Å²) < 4.78 is 13.2. The fourth-order valence-electron chi connectivity index (χ4n) is 9.39. The van der Waals surface area contributed by atoms with Crippen LogP contribution in [-0.2, 0) is 35.1 Å². The fraction of sp³-hybridized carbons (Fsp3) is 0.545. The third-order valence-corrected chi connectivity index (χ3v) is 12.1. The van der Waals surface area contributed by atoms with Crippen molar-refractivity contribution in [2.75, 3.05) is 13.2 Å². The van der Waals surface area contributed by atoms with E-state index in [4.69, 9.17) is 9.47 Å². The van der Waals surface area contributed by atoms with Crippen LogP contribution in [0.15, 0.2) is 86.0 Å². The molecule has 3 saturated heterocycles. The van der Waals surface area contributed by atoms with Crippen molar-refractivity contribution in [1.82, 2.24) is 15.1 Å². The van der Waals surface area contributed by atoms with Gasteiger partial charge in [0.25, 0.3) is 0 Å². The molecule has 0 radical (unpaired) electrons. The molecule has 1 unspecified atom stereocenters. The number of carbonyl (C=O) groups excluding carboxylic acids is 4. The first-order valence-corrected chi connectivity index (χ1v) is 20.3. The summed E-state index contributed by atoms with van der Waals surface area (Å²) in [5.41, 5.74) is -0.603. The number of hydrogen-bond donors (Lipinski definition) is 2. The van der Waals surface area contributed by atoms with Crippen molar-refractivity contribution in [2.24, 2.45) is 17.3 Å². The van der Waals surface area contributed by atoms with Gasteiger partial charge in [-0.25, -0.2) is 0 Å². The lowest BCUT2D eigenvalue weighted by molar-refractivity contribution is -0.163. The van der Waals surface area contributed by atoms with Gasteiger partial charge in [-0.2, -0.15) is 0 Å². The van der Waals surface area contributed by atoms with Gasteiger partial charge in [0.15, 0.2) is 0 Å². The Kier molecular flexibility index (Phi) is 13.2. The highest BCUT2D eigenvalue weighted by molar-refractivity contribution is 9.09. The van der Waals surface area contributed by atoms with Gasteiger partial charge in [0.05, 0.1) is 36.6 Å². The lowest BCUT2D eigenvalue weighted by Gasteiger charge is -2.46. The van der Waals surface area contributed by atoms with Crippen LogP contribution < -0.4 is 5.32 Å². The number of benzene rings is 2. The minimum Gasteiger partial charge on any atom is -0.455 e. The average molecular weight is 821 g/mol. The van der Waals surface area contributed by atoms with E-state index in [2.05, 4.69) is 55.2 Å². The smallest absolute Gasteiger partial charge is 0.313 e. The molecule has 0 aromatic heterocycles. The maximum absolute atomic E-state index is 15.4. The highest BCUT2D eigenvalue weighted by atomic mass is 79.9. The number of rotatable bonds is 17. The highest BCUT2D eigenvalue weighted by Crippen LogP contribution is 2.61. The van der Waals surface area contributed by atoms with E-state index in [-0.39, 0.29) is 41.4 Å². The second kappa shape index (κ2) is 17.1. The third-order valence-electron chi connectivity index (χ3n) is 11.2. The summed E-state index contributed by atoms with van der Waals surface area (Å²) in [5.74, 6) is -3.71. The quantitative estimate of drug-likeness (QED) is 0.109. The molecule has 0 saturated carbocycles. The summed E-state index contributed by atoms with van der Waals surface area (Å²) in [5, 5.41) is 14.0. The van der Waals surface area contributed by atoms with Gasteiger partial charge in [-0.3, -0.25) is 19.2 Å². The Balaban J connectivity index is 1.57. The number of ether oxygens (including phenoxy) is 2. The van der Waals surface area contributed by atoms with Gasteiger partial charge in [0.2, 0.25) is 17.7 Å². The van der Waals surface area contributed by atoms with E-state index < -0.39 is 71.8 Å². The van der Waals surface area contributed by atoms with E-state index in [1.165, 1.54) is 4.90 Å². The number of likely N-dealkylation sites (tertiary alicyclic amines) is 1. The second-order valence-electron chi connectivity index (χ2n) is 17.2. The molecule has 3 aliphatic heterocycles. The number of aliphatic hydroxyl groups excluding tert-OH is 1. The number of halogens is 1. The molecular formula is C44H58BrN3O7. The fourth-order valence-corrected chi connectivity index (χ4v) is 10.3. The number of hydrogen-bond acceptors (Lipinski definition) is 7.